The molecule has 5 heteroatoms. The van der Waals surface area contributed by atoms with Gasteiger partial charge in [-0.15, -0.1) is 0 Å². The first-order valence-corrected chi connectivity index (χ1v) is 4.47. The fourth-order valence-electron chi connectivity index (χ4n) is 1.14. The van der Waals surface area contributed by atoms with E-state index in [4.69, 9.17) is 22.2 Å². The van der Waals surface area contributed by atoms with E-state index < -0.39 is 5.82 Å². The lowest BCUT2D eigenvalue weighted by atomic mass is 10.1. The molecule has 0 radical (unpaired) electrons. The van der Waals surface area contributed by atoms with Gasteiger partial charge in [-0.3, -0.25) is 11.3 Å². The van der Waals surface area contributed by atoms with Gasteiger partial charge in [0.1, 0.15) is 5.82 Å². The summed E-state index contributed by atoms with van der Waals surface area (Å²) < 4.78 is 17.8. The molecule has 0 amide bonds. The molecule has 0 spiro atoms. The second-order valence-electron chi connectivity index (χ2n) is 2.85. The summed E-state index contributed by atoms with van der Waals surface area (Å²) in [7, 11) is 1.56. The standard InChI is InChI=1S/C9H12ClFN2O/c1-14-5-9(13-12)6-2-3-8(11)7(10)4-6/h2-4,9,13H,5,12H2,1H3. The Morgan fingerprint density at radius 2 is 2.36 bits per heavy atom. The van der Waals surface area contributed by atoms with Crippen LogP contribution in [0.25, 0.3) is 0 Å². The van der Waals surface area contributed by atoms with Crippen LogP contribution in [0, 0.1) is 5.82 Å². The number of halogens is 2. The molecule has 1 aromatic carbocycles. The minimum atomic E-state index is -0.441. The van der Waals surface area contributed by atoms with Crippen LogP contribution in [0.15, 0.2) is 18.2 Å². The van der Waals surface area contributed by atoms with Crippen molar-refractivity contribution in [2.24, 2.45) is 5.84 Å². The summed E-state index contributed by atoms with van der Waals surface area (Å²) >= 11 is 5.63. The zero-order valence-electron chi connectivity index (χ0n) is 7.76. The molecule has 78 valence electrons. The molecule has 0 heterocycles. The largest absolute Gasteiger partial charge is 0.383 e. The molecule has 3 nitrogen and oxygen atoms in total. The maximum absolute atomic E-state index is 12.8. The van der Waals surface area contributed by atoms with Gasteiger partial charge in [-0.1, -0.05) is 17.7 Å². The van der Waals surface area contributed by atoms with Crippen molar-refractivity contribution in [1.82, 2.24) is 5.43 Å². The smallest absolute Gasteiger partial charge is 0.141 e. The predicted molar refractivity (Wildman–Crippen MR) is 53.4 cm³/mol. The third-order valence-electron chi connectivity index (χ3n) is 1.88. The van der Waals surface area contributed by atoms with Crippen LogP contribution < -0.4 is 11.3 Å². The normalized spacial score (nSPS) is 12.9. The molecular weight excluding hydrogens is 207 g/mol. The third-order valence-corrected chi connectivity index (χ3v) is 2.17. The Balaban J connectivity index is 2.88. The second kappa shape index (κ2) is 5.26. The van der Waals surface area contributed by atoms with Crippen molar-refractivity contribution in [3.05, 3.63) is 34.6 Å². The van der Waals surface area contributed by atoms with Gasteiger partial charge in [-0.25, -0.2) is 4.39 Å². The van der Waals surface area contributed by atoms with Crippen molar-refractivity contribution in [2.45, 2.75) is 6.04 Å². The first kappa shape index (κ1) is 11.4. The summed E-state index contributed by atoms with van der Waals surface area (Å²) in [4.78, 5) is 0. The Bertz CT molecular complexity index is 309. The minimum absolute atomic E-state index is 0.0823. The van der Waals surface area contributed by atoms with Crippen molar-refractivity contribution < 1.29 is 9.13 Å². The van der Waals surface area contributed by atoms with Crippen LogP contribution in [-0.4, -0.2) is 13.7 Å². The Morgan fingerprint density at radius 1 is 1.64 bits per heavy atom. The zero-order chi connectivity index (χ0) is 10.6. The minimum Gasteiger partial charge on any atom is -0.383 e. The Kier molecular flexibility index (Phi) is 4.28. The lowest BCUT2D eigenvalue weighted by molar-refractivity contribution is 0.167. The first-order chi connectivity index (χ1) is 6.69. The highest BCUT2D eigenvalue weighted by molar-refractivity contribution is 6.30. The zero-order valence-corrected chi connectivity index (χ0v) is 8.51. The number of methoxy groups -OCH3 is 1. The van der Waals surface area contributed by atoms with E-state index in [2.05, 4.69) is 5.43 Å². The molecule has 0 aliphatic rings. The van der Waals surface area contributed by atoms with Crippen molar-refractivity contribution in [1.29, 1.82) is 0 Å². The molecule has 0 aliphatic carbocycles. The maximum atomic E-state index is 12.8. The van der Waals surface area contributed by atoms with Gasteiger partial charge in [0.25, 0.3) is 0 Å². The topological polar surface area (TPSA) is 47.3 Å². The Morgan fingerprint density at radius 3 is 2.86 bits per heavy atom. The van der Waals surface area contributed by atoms with Crippen LogP contribution in [-0.2, 0) is 4.74 Å². The molecule has 0 saturated heterocycles. The molecule has 3 N–H and O–H groups in total. The predicted octanol–water partition coefficient (Wildman–Crippen LogP) is 1.63. The monoisotopic (exact) mass is 218 g/mol. The van der Waals surface area contributed by atoms with E-state index in [1.54, 1.807) is 13.2 Å². The molecular formula is C9H12ClFN2O. The number of nitrogens with one attached hydrogen (secondary N) is 1. The van der Waals surface area contributed by atoms with E-state index in [9.17, 15) is 4.39 Å². The maximum Gasteiger partial charge on any atom is 0.141 e. The van der Waals surface area contributed by atoms with Crippen LogP contribution in [0.1, 0.15) is 11.6 Å². The van der Waals surface area contributed by atoms with E-state index in [1.165, 1.54) is 12.1 Å². The molecule has 0 saturated carbocycles. The summed E-state index contributed by atoms with van der Waals surface area (Å²) in [5, 5.41) is 0.0823. The molecule has 14 heavy (non-hydrogen) atoms. The fourth-order valence-corrected chi connectivity index (χ4v) is 1.33. The lowest BCUT2D eigenvalue weighted by Crippen LogP contribution is -2.31. The lowest BCUT2D eigenvalue weighted by Gasteiger charge is -2.15. The quantitative estimate of drug-likeness (QED) is 0.597. The third kappa shape index (κ3) is 2.65. The Hall–Kier alpha value is -0.680. The SMILES string of the molecule is COCC(NN)c1ccc(F)c(Cl)c1. The van der Waals surface area contributed by atoms with Gasteiger partial charge in [0, 0.05) is 7.11 Å². The average Bonchev–Trinajstić information content (AvgIpc) is 2.19. The molecule has 0 aliphatic heterocycles. The summed E-state index contributed by atoms with van der Waals surface area (Å²) in [5.41, 5.74) is 3.35. The van der Waals surface area contributed by atoms with Crippen LogP contribution in [0.2, 0.25) is 5.02 Å². The van der Waals surface area contributed by atoms with Gasteiger partial charge in [0.05, 0.1) is 17.7 Å². The van der Waals surface area contributed by atoms with E-state index in [0.29, 0.717) is 6.61 Å². The number of hydrazine groups is 1. The Labute approximate surface area is 87.0 Å². The van der Waals surface area contributed by atoms with E-state index in [0.717, 1.165) is 5.56 Å². The van der Waals surface area contributed by atoms with Gasteiger partial charge < -0.3 is 4.74 Å². The highest BCUT2D eigenvalue weighted by Crippen LogP contribution is 2.20. The summed E-state index contributed by atoms with van der Waals surface area (Å²) in [6, 6.07) is 4.26. The molecule has 0 bridgehead atoms. The summed E-state index contributed by atoms with van der Waals surface area (Å²) in [6.07, 6.45) is 0. The number of hydrogen-bond donors (Lipinski definition) is 2. The van der Waals surface area contributed by atoms with E-state index in [1.807, 2.05) is 0 Å². The number of hydrogen-bond acceptors (Lipinski definition) is 3. The number of benzene rings is 1. The van der Waals surface area contributed by atoms with Gasteiger partial charge in [-0.05, 0) is 17.7 Å². The van der Waals surface area contributed by atoms with Crippen LogP contribution in [0.3, 0.4) is 0 Å². The van der Waals surface area contributed by atoms with Gasteiger partial charge in [0.2, 0.25) is 0 Å². The summed E-state index contributed by atoms with van der Waals surface area (Å²) in [6.45, 7) is 0.401. The van der Waals surface area contributed by atoms with Crippen LogP contribution in [0.4, 0.5) is 4.39 Å². The van der Waals surface area contributed by atoms with E-state index >= 15 is 0 Å². The molecule has 0 aromatic heterocycles. The van der Waals surface area contributed by atoms with Crippen LogP contribution in [0.5, 0.6) is 0 Å². The molecule has 1 unspecified atom stereocenters. The van der Waals surface area contributed by atoms with Crippen LogP contribution >= 0.6 is 11.6 Å². The van der Waals surface area contributed by atoms with Crippen molar-refractivity contribution in [3.63, 3.8) is 0 Å². The first-order valence-electron chi connectivity index (χ1n) is 4.09. The highest BCUT2D eigenvalue weighted by Gasteiger charge is 2.10. The molecule has 0 fully saturated rings. The summed E-state index contributed by atoms with van der Waals surface area (Å²) in [5.74, 6) is 4.87. The average molecular weight is 219 g/mol. The van der Waals surface area contributed by atoms with Gasteiger partial charge >= 0.3 is 0 Å². The second-order valence-corrected chi connectivity index (χ2v) is 3.26. The highest BCUT2D eigenvalue weighted by atomic mass is 35.5. The number of rotatable bonds is 4. The number of nitrogens with two attached hydrogens (primary N) is 1. The van der Waals surface area contributed by atoms with Crippen molar-refractivity contribution in [3.8, 4) is 0 Å². The number of ether oxygens (including phenoxy) is 1. The van der Waals surface area contributed by atoms with Gasteiger partial charge in [0.15, 0.2) is 0 Å². The fraction of sp³-hybridized carbons (Fsp3) is 0.333. The molecule has 1 rings (SSSR count). The molecule has 1 aromatic rings. The van der Waals surface area contributed by atoms with Gasteiger partial charge in [-0.2, -0.15) is 0 Å². The van der Waals surface area contributed by atoms with Crippen molar-refractivity contribution >= 4 is 11.6 Å². The van der Waals surface area contributed by atoms with Crippen molar-refractivity contribution in [2.75, 3.05) is 13.7 Å². The molecule has 1 atom stereocenters. The van der Waals surface area contributed by atoms with E-state index in [-0.39, 0.29) is 11.1 Å².